The predicted molar refractivity (Wildman–Crippen MR) is 55.1 cm³/mol. The van der Waals surface area contributed by atoms with E-state index in [1.165, 1.54) is 4.90 Å². The van der Waals surface area contributed by atoms with Crippen LogP contribution < -0.4 is 0 Å². The monoisotopic (exact) mass is 237 g/mol. The van der Waals surface area contributed by atoms with E-state index in [0.29, 0.717) is 6.42 Å². The lowest BCUT2D eigenvalue weighted by atomic mass is 10.0. The highest BCUT2D eigenvalue weighted by molar-refractivity contribution is 5.82. The fraction of sp³-hybridized carbons (Fsp3) is 0.909. The molecule has 0 aromatic carbocycles. The van der Waals surface area contributed by atoms with E-state index in [2.05, 4.69) is 0 Å². The van der Waals surface area contributed by atoms with Crippen molar-refractivity contribution in [3.63, 3.8) is 0 Å². The van der Waals surface area contributed by atoms with Crippen LogP contribution in [0.1, 0.15) is 33.1 Å². The third-order valence-corrected chi connectivity index (χ3v) is 2.97. The van der Waals surface area contributed by atoms with Gasteiger partial charge in [-0.15, -0.1) is 0 Å². The number of carbonyl (C=O) groups is 1. The summed E-state index contributed by atoms with van der Waals surface area (Å²) < 4.78 is 36.8. The molecule has 0 radical (unpaired) electrons. The van der Waals surface area contributed by atoms with Crippen LogP contribution in [-0.4, -0.2) is 36.0 Å². The number of hydrogen-bond donors (Lipinski definition) is 0. The molecule has 16 heavy (non-hydrogen) atoms. The molecular formula is C11H18F3NO. The van der Waals surface area contributed by atoms with Crippen molar-refractivity contribution in [2.24, 2.45) is 5.92 Å². The van der Waals surface area contributed by atoms with Gasteiger partial charge in [0.2, 0.25) is 0 Å². The first-order valence-corrected chi connectivity index (χ1v) is 5.67. The minimum atomic E-state index is -4.21. The van der Waals surface area contributed by atoms with Gasteiger partial charge < -0.3 is 0 Å². The first-order valence-electron chi connectivity index (χ1n) is 5.67. The van der Waals surface area contributed by atoms with E-state index >= 15 is 0 Å². The molecule has 5 heteroatoms. The maximum Gasteiger partial charge on any atom is 0.401 e. The molecule has 1 rings (SSSR count). The molecular weight excluding hydrogens is 219 g/mol. The highest BCUT2D eigenvalue weighted by atomic mass is 19.4. The van der Waals surface area contributed by atoms with E-state index in [4.69, 9.17) is 0 Å². The SMILES string of the molecule is CCC(C)C(=O)CN(CC(F)(F)F)C1CC1. The van der Waals surface area contributed by atoms with Crippen molar-refractivity contribution in [3.8, 4) is 0 Å². The molecule has 1 fully saturated rings. The van der Waals surface area contributed by atoms with Gasteiger partial charge in [-0.3, -0.25) is 9.69 Å². The van der Waals surface area contributed by atoms with Gasteiger partial charge in [-0.1, -0.05) is 13.8 Å². The molecule has 0 aromatic heterocycles. The molecule has 1 atom stereocenters. The van der Waals surface area contributed by atoms with E-state index in [0.717, 1.165) is 12.8 Å². The van der Waals surface area contributed by atoms with Crippen LogP contribution in [0.25, 0.3) is 0 Å². The number of halogens is 3. The van der Waals surface area contributed by atoms with E-state index in [9.17, 15) is 18.0 Å². The van der Waals surface area contributed by atoms with Crippen LogP contribution in [0, 0.1) is 5.92 Å². The van der Waals surface area contributed by atoms with E-state index < -0.39 is 12.7 Å². The highest BCUT2D eigenvalue weighted by Crippen LogP contribution is 2.30. The number of alkyl halides is 3. The molecule has 0 aliphatic heterocycles. The normalized spacial score (nSPS) is 18.9. The number of Topliss-reactive ketones (excluding diaryl/α,β-unsaturated/α-hetero) is 1. The van der Waals surface area contributed by atoms with Crippen molar-refractivity contribution in [1.82, 2.24) is 4.90 Å². The van der Waals surface area contributed by atoms with Crippen molar-refractivity contribution < 1.29 is 18.0 Å². The van der Waals surface area contributed by atoms with Crippen LogP contribution in [0.5, 0.6) is 0 Å². The van der Waals surface area contributed by atoms with Gasteiger partial charge in [-0.25, -0.2) is 0 Å². The number of rotatable bonds is 6. The summed E-state index contributed by atoms with van der Waals surface area (Å²) in [6.07, 6.45) is -1.96. The van der Waals surface area contributed by atoms with Crippen LogP contribution in [0.2, 0.25) is 0 Å². The Bertz CT molecular complexity index is 248. The lowest BCUT2D eigenvalue weighted by Crippen LogP contribution is -2.40. The maximum absolute atomic E-state index is 12.3. The summed E-state index contributed by atoms with van der Waals surface area (Å²) in [4.78, 5) is 12.9. The Labute approximate surface area is 93.8 Å². The van der Waals surface area contributed by atoms with E-state index in [1.807, 2.05) is 6.92 Å². The largest absolute Gasteiger partial charge is 0.401 e. The first-order chi connectivity index (χ1) is 7.33. The second kappa shape index (κ2) is 5.17. The molecule has 0 amide bonds. The summed E-state index contributed by atoms with van der Waals surface area (Å²) >= 11 is 0. The average molecular weight is 237 g/mol. The molecule has 1 aliphatic carbocycles. The summed E-state index contributed by atoms with van der Waals surface area (Å²) in [7, 11) is 0. The Morgan fingerprint density at radius 2 is 2.00 bits per heavy atom. The third-order valence-electron chi connectivity index (χ3n) is 2.97. The molecule has 0 heterocycles. The van der Waals surface area contributed by atoms with Gasteiger partial charge in [0.05, 0.1) is 13.1 Å². The van der Waals surface area contributed by atoms with E-state index in [-0.39, 0.29) is 24.3 Å². The standard InChI is InChI=1S/C11H18F3NO/c1-3-8(2)10(16)6-15(9-4-5-9)7-11(12,13)14/h8-9H,3-7H2,1-2H3. The Hall–Kier alpha value is -0.580. The van der Waals surface area contributed by atoms with Gasteiger partial charge in [0.25, 0.3) is 0 Å². The number of carbonyl (C=O) groups excluding carboxylic acids is 1. The zero-order valence-corrected chi connectivity index (χ0v) is 9.68. The topological polar surface area (TPSA) is 20.3 Å². The van der Waals surface area contributed by atoms with Crippen molar-refractivity contribution in [2.45, 2.75) is 45.3 Å². The lowest BCUT2D eigenvalue weighted by molar-refractivity contribution is -0.150. The van der Waals surface area contributed by atoms with Crippen LogP contribution in [0.3, 0.4) is 0 Å². The fourth-order valence-electron chi connectivity index (χ4n) is 1.57. The zero-order chi connectivity index (χ0) is 12.3. The molecule has 0 saturated heterocycles. The van der Waals surface area contributed by atoms with Crippen molar-refractivity contribution in [3.05, 3.63) is 0 Å². The van der Waals surface area contributed by atoms with Crippen LogP contribution >= 0.6 is 0 Å². The van der Waals surface area contributed by atoms with Gasteiger partial charge in [0.15, 0.2) is 0 Å². The highest BCUT2D eigenvalue weighted by Gasteiger charge is 2.38. The molecule has 0 bridgehead atoms. The lowest BCUT2D eigenvalue weighted by Gasteiger charge is -2.23. The van der Waals surface area contributed by atoms with Gasteiger partial charge in [0.1, 0.15) is 5.78 Å². The van der Waals surface area contributed by atoms with E-state index in [1.54, 1.807) is 6.92 Å². The molecule has 0 spiro atoms. The summed E-state index contributed by atoms with van der Waals surface area (Å²) in [5.74, 6) is -0.229. The summed E-state index contributed by atoms with van der Waals surface area (Å²) in [6.45, 7) is 2.62. The molecule has 1 saturated carbocycles. The first kappa shape index (κ1) is 13.5. The van der Waals surface area contributed by atoms with Gasteiger partial charge in [0, 0.05) is 12.0 Å². The quantitative estimate of drug-likeness (QED) is 0.707. The van der Waals surface area contributed by atoms with Gasteiger partial charge >= 0.3 is 6.18 Å². The Morgan fingerprint density at radius 3 is 2.38 bits per heavy atom. The minimum absolute atomic E-state index is 0.0327. The second-order valence-corrected chi connectivity index (χ2v) is 4.53. The van der Waals surface area contributed by atoms with Crippen LogP contribution in [-0.2, 0) is 4.79 Å². The Morgan fingerprint density at radius 1 is 1.44 bits per heavy atom. The van der Waals surface area contributed by atoms with Crippen molar-refractivity contribution in [1.29, 1.82) is 0 Å². The third kappa shape index (κ3) is 4.51. The molecule has 2 nitrogen and oxygen atoms in total. The molecule has 0 aromatic rings. The smallest absolute Gasteiger partial charge is 0.298 e. The van der Waals surface area contributed by atoms with Crippen molar-refractivity contribution >= 4 is 5.78 Å². The Balaban J connectivity index is 2.48. The molecule has 0 N–H and O–H groups in total. The Kier molecular flexibility index (Phi) is 4.35. The van der Waals surface area contributed by atoms with Crippen molar-refractivity contribution in [2.75, 3.05) is 13.1 Å². The molecule has 1 unspecified atom stereocenters. The number of nitrogens with zero attached hydrogens (tertiary/aromatic N) is 1. The van der Waals surface area contributed by atoms with Gasteiger partial charge in [-0.05, 0) is 19.3 Å². The number of ketones is 1. The summed E-state index contributed by atoms with van der Waals surface area (Å²) in [5, 5.41) is 0. The second-order valence-electron chi connectivity index (χ2n) is 4.53. The minimum Gasteiger partial charge on any atom is -0.298 e. The number of hydrogen-bond acceptors (Lipinski definition) is 2. The molecule has 1 aliphatic rings. The fourth-order valence-corrected chi connectivity index (χ4v) is 1.57. The predicted octanol–water partition coefficient (Wildman–Crippen LogP) is 2.63. The van der Waals surface area contributed by atoms with Crippen LogP contribution in [0.4, 0.5) is 13.2 Å². The summed E-state index contributed by atoms with van der Waals surface area (Å²) in [6, 6.07) is -0.0327. The average Bonchev–Trinajstić information content (AvgIpc) is 2.96. The zero-order valence-electron chi connectivity index (χ0n) is 9.68. The molecule has 94 valence electrons. The maximum atomic E-state index is 12.3. The van der Waals surface area contributed by atoms with Crippen LogP contribution in [0.15, 0.2) is 0 Å². The summed E-state index contributed by atoms with van der Waals surface area (Å²) in [5.41, 5.74) is 0. The van der Waals surface area contributed by atoms with Gasteiger partial charge in [-0.2, -0.15) is 13.2 Å².